The lowest BCUT2D eigenvalue weighted by atomic mass is 10.1. The van der Waals surface area contributed by atoms with Gasteiger partial charge >= 0.3 is 5.97 Å². The molecule has 3 rings (SSSR count). The van der Waals surface area contributed by atoms with Gasteiger partial charge in [0.1, 0.15) is 0 Å². The number of rotatable bonds is 5. The number of esters is 1. The van der Waals surface area contributed by atoms with E-state index in [2.05, 4.69) is 31.2 Å². The van der Waals surface area contributed by atoms with Gasteiger partial charge in [0.25, 0.3) is 0 Å². The standard InChI is InChI=1S/C18H19BrN4O3/c1-10(2)26-18(24)16-11(3)23-17(21-20-16)15(14(22-23)9-25-4)12-5-7-13(19)8-6-12/h5-8,10H,9H2,1-4H3. The van der Waals surface area contributed by atoms with Crippen LogP contribution in [0.3, 0.4) is 0 Å². The Morgan fingerprint density at radius 2 is 1.92 bits per heavy atom. The van der Waals surface area contributed by atoms with E-state index in [0.29, 0.717) is 17.9 Å². The molecule has 0 fully saturated rings. The fourth-order valence-corrected chi connectivity index (χ4v) is 2.92. The molecule has 2 heterocycles. The summed E-state index contributed by atoms with van der Waals surface area (Å²) in [5, 5.41) is 12.9. The molecule has 0 saturated heterocycles. The highest BCUT2D eigenvalue weighted by Crippen LogP contribution is 2.29. The minimum atomic E-state index is -0.513. The quantitative estimate of drug-likeness (QED) is 0.589. The first-order chi connectivity index (χ1) is 12.4. The molecule has 0 aliphatic heterocycles. The first kappa shape index (κ1) is 18.5. The zero-order valence-corrected chi connectivity index (χ0v) is 16.6. The number of fused-ring (bicyclic) bond motifs is 1. The lowest BCUT2D eigenvalue weighted by molar-refractivity contribution is 0.0367. The minimum absolute atomic E-state index is 0.153. The van der Waals surface area contributed by atoms with Crippen molar-refractivity contribution < 1.29 is 14.3 Å². The van der Waals surface area contributed by atoms with E-state index in [9.17, 15) is 4.79 Å². The molecule has 0 aliphatic rings. The van der Waals surface area contributed by atoms with E-state index >= 15 is 0 Å². The van der Waals surface area contributed by atoms with Crippen molar-refractivity contribution in [2.24, 2.45) is 0 Å². The van der Waals surface area contributed by atoms with E-state index in [4.69, 9.17) is 9.47 Å². The summed E-state index contributed by atoms with van der Waals surface area (Å²) in [5.41, 5.74) is 3.79. The van der Waals surface area contributed by atoms with Crippen molar-refractivity contribution in [2.75, 3.05) is 7.11 Å². The van der Waals surface area contributed by atoms with Gasteiger partial charge in [0.2, 0.25) is 0 Å². The second-order valence-corrected chi connectivity index (χ2v) is 7.00. The van der Waals surface area contributed by atoms with E-state index in [-0.39, 0.29) is 11.8 Å². The maximum atomic E-state index is 12.2. The number of aromatic nitrogens is 4. The SMILES string of the molecule is COCc1nn2c(C)c(C(=O)OC(C)C)nnc2c1-c1ccc(Br)cc1. The Morgan fingerprint density at radius 1 is 1.23 bits per heavy atom. The predicted molar refractivity (Wildman–Crippen MR) is 99.9 cm³/mol. The topological polar surface area (TPSA) is 78.6 Å². The largest absolute Gasteiger partial charge is 0.458 e. The zero-order valence-electron chi connectivity index (χ0n) is 15.0. The molecule has 1 aromatic carbocycles. The number of carbonyl (C=O) groups is 1. The van der Waals surface area contributed by atoms with Crippen molar-refractivity contribution in [1.82, 2.24) is 19.8 Å². The number of halogens is 1. The summed E-state index contributed by atoms with van der Waals surface area (Å²) < 4.78 is 13.1. The molecular formula is C18H19BrN4O3. The number of ether oxygens (including phenoxy) is 2. The normalized spacial score (nSPS) is 11.3. The van der Waals surface area contributed by atoms with Crippen LogP contribution in [0.2, 0.25) is 0 Å². The van der Waals surface area contributed by atoms with E-state index in [1.807, 2.05) is 24.3 Å². The third kappa shape index (κ3) is 3.47. The Kier molecular flexibility index (Phi) is 5.33. The van der Waals surface area contributed by atoms with Crippen LogP contribution in [0.15, 0.2) is 28.7 Å². The molecule has 0 amide bonds. The lowest BCUT2D eigenvalue weighted by Crippen LogP contribution is -2.17. The maximum Gasteiger partial charge on any atom is 0.361 e. The van der Waals surface area contributed by atoms with Crippen LogP contribution in [0.5, 0.6) is 0 Å². The number of hydrogen-bond acceptors (Lipinski definition) is 6. The van der Waals surface area contributed by atoms with Gasteiger partial charge in [0.15, 0.2) is 11.3 Å². The van der Waals surface area contributed by atoms with Crippen LogP contribution in [0, 0.1) is 6.92 Å². The van der Waals surface area contributed by atoms with Crippen LogP contribution >= 0.6 is 15.9 Å². The molecule has 26 heavy (non-hydrogen) atoms. The van der Waals surface area contributed by atoms with Crippen molar-refractivity contribution in [3.63, 3.8) is 0 Å². The van der Waals surface area contributed by atoms with Gasteiger partial charge in [-0.15, -0.1) is 10.2 Å². The highest BCUT2D eigenvalue weighted by atomic mass is 79.9. The molecule has 0 aliphatic carbocycles. The maximum absolute atomic E-state index is 12.2. The first-order valence-corrected chi connectivity index (χ1v) is 8.92. The number of nitrogens with zero attached hydrogens (tertiary/aromatic N) is 4. The third-order valence-electron chi connectivity index (χ3n) is 3.79. The van der Waals surface area contributed by atoms with E-state index < -0.39 is 5.97 Å². The Balaban J connectivity index is 2.18. The molecule has 7 nitrogen and oxygen atoms in total. The second-order valence-electron chi connectivity index (χ2n) is 6.09. The molecule has 3 aromatic rings. The molecule has 8 heteroatoms. The molecule has 0 bridgehead atoms. The minimum Gasteiger partial charge on any atom is -0.458 e. The van der Waals surface area contributed by atoms with Gasteiger partial charge in [0, 0.05) is 11.6 Å². The summed E-state index contributed by atoms with van der Waals surface area (Å²) >= 11 is 3.44. The highest BCUT2D eigenvalue weighted by Gasteiger charge is 2.22. The van der Waals surface area contributed by atoms with Crippen LogP contribution in [-0.2, 0) is 16.1 Å². The Labute approximate surface area is 159 Å². The van der Waals surface area contributed by atoms with Crippen molar-refractivity contribution in [3.05, 3.63) is 45.8 Å². The van der Waals surface area contributed by atoms with Crippen molar-refractivity contribution >= 4 is 27.5 Å². The van der Waals surface area contributed by atoms with Gasteiger partial charge in [0.05, 0.1) is 29.7 Å². The summed E-state index contributed by atoms with van der Waals surface area (Å²) in [6.07, 6.45) is -0.237. The molecule has 0 N–H and O–H groups in total. The average molecular weight is 419 g/mol. The van der Waals surface area contributed by atoms with Gasteiger partial charge in [-0.05, 0) is 38.5 Å². The molecule has 0 radical (unpaired) electrons. The van der Waals surface area contributed by atoms with Crippen molar-refractivity contribution in [2.45, 2.75) is 33.5 Å². The van der Waals surface area contributed by atoms with Gasteiger partial charge in [-0.3, -0.25) is 0 Å². The lowest BCUT2D eigenvalue weighted by Gasteiger charge is -2.09. The summed E-state index contributed by atoms with van der Waals surface area (Å²) in [6.45, 7) is 5.67. The summed E-state index contributed by atoms with van der Waals surface area (Å²) in [5.74, 6) is -0.513. The molecule has 136 valence electrons. The van der Waals surface area contributed by atoms with Crippen LogP contribution < -0.4 is 0 Å². The Bertz CT molecular complexity index is 951. The van der Waals surface area contributed by atoms with E-state index in [0.717, 1.165) is 21.3 Å². The third-order valence-corrected chi connectivity index (χ3v) is 4.32. The molecule has 0 saturated carbocycles. The van der Waals surface area contributed by atoms with Crippen LogP contribution in [0.25, 0.3) is 16.8 Å². The van der Waals surface area contributed by atoms with Crippen LogP contribution in [0.4, 0.5) is 0 Å². The first-order valence-electron chi connectivity index (χ1n) is 8.13. The van der Waals surface area contributed by atoms with Gasteiger partial charge < -0.3 is 9.47 Å². The van der Waals surface area contributed by atoms with Crippen LogP contribution in [0.1, 0.15) is 35.7 Å². The van der Waals surface area contributed by atoms with Crippen molar-refractivity contribution in [1.29, 1.82) is 0 Å². The van der Waals surface area contributed by atoms with E-state index in [1.54, 1.807) is 32.4 Å². The van der Waals surface area contributed by atoms with Gasteiger partial charge in [-0.2, -0.15) is 5.10 Å². The highest BCUT2D eigenvalue weighted by molar-refractivity contribution is 9.10. The summed E-state index contributed by atoms with van der Waals surface area (Å²) in [4.78, 5) is 12.2. The predicted octanol–water partition coefficient (Wildman–Crippen LogP) is 3.57. The fraction of sp³-hybridized carbons (Fsp3) is 0.333. The molecule has 0 spiro atoms. The molecular weight excluding hydrogens is 400 g/mol. The number of benzene rings is 1. The second kappa shape index (κ2) is 7.51. The smallest absolute Gasteiger partial charge is 0.361 e. The zero-order chi connectivity index (χ0) is 18.8. The number of aryl methyl sites for hydroxylation is 1. The summed E-state index contributed by atoms with van der Waals surface area (Å²) in [6, 6.07) is 7.84. The number of carbonyl (C=O) groups excluding carboxylic acids is 1. The Hall–Kier alpha value is -2.32. The fourth-order valence-electron chi connectivity index (χ4n) is 2.66. The number of hydrogen-bond donors (Lipinski definition) is 0. The monoisotopic (exact) mass is 418 g/mol. The average Bonchev–Trinajstić information content (AvgIpc) is 2.95. The molecule has 0 atom stereocenters. The molecule has 2 aromatic heterocycles. The van der Waals surface area contributed by atoms with Gasteiger partial charge in [-0.25, -0.2) is 9.31 Å². The Morgan fingerprint density at radius 3 is 2.54 bits per heavy atom. The molecule has 0 unspecified atom stereocenters. The number of methoxy groups -OCH3 is 1. The van der Waals surface area contributed by atoms with E-state index in [1.165, 1.54) is 0 Å². The van der Waals surface area contributed by atoms with Crippen LogP contribution in [-0.4, -0.2) is 39.0 Å². The van der Waals surface area contributed by atoms with Crippen molar-refractivity contribution in [3.8, 4) is 11.1 Å². The summed E-state index contributed by atoms with van der Waals surface area (Å²) in [7, 11) is 1.61. The van der Waals surface area contributed by atoms with Gasteiger partial charge in [-0.1, -0.05) is 28.1 Å².